The molecule has 1 N–H and O–H groups in total. The third-order valence-electron chi connectivity index (χ3n) is 4.50. The van der Waals surface area contributed by atoms with Crippen LogP contribution in [-0.2, 0) is 16.6 Å². The van der Waals surface area contributed by atoms with Crippen LogP contribution < -0.4 is 9.46 Å². The van der Waals surface area contributed by atoms with E-state index in [1.807, 2.05) is 24.3 Å². The van der Waals surface area contributed by atoms with Crippen molar-refractivity contribution >= 4 is 27.5 Å². The molecule has 2 aromatic carbocycles. The highest BCUT2D eigenvalue weighted by atomic mass is 35.5. The Labute approximate surface area is 164 Å². The van der Waals surface area contributed by atoms with Crippen LogP contribution in [0.4, 0.5) is 0 Å². The lowest BCUT2D eigenvalue weighted by Crippen LogP contribution is -2.32. The zero-order chi connectivity index (χ0) is 19.6. The molecule has 1 saturated carbocycles. The number of methoxy groups -OCH3 is 1. The zero-order valence-electron chi connectivity index (χ0n) is 15.1. The SMILES string of the molecule is CNS(=O)(=O)c1cc(C(=O)N(Cc2ccc(OC)cc2)C2CC2)ccc1Cl. The number of carbonyl (C=O) groups is 1. The van der Waals surface area contributed by atoms with Gasteiger partial charge < -0.3 is 9.64 Å². The average Bonchev–Trinajstić information content (AvgIpc) is 3.51. The molecule has 0 bridgehead atoms. The minimum atomic E-state index is -3.75. The lowest BCUT2D eigenvalue weighted by molar-refractivity contribution is 0.0729. The molecule has 0 aromatic heterocycles. The number of hydrogen-bond donors (Lipinski definition) is 1. The molecule has 27 heavy (non-hydrogen) atoms. The molecule has 6 nitrogen and oxygen atoms in total. The topological polar surface area (TPSA) is 75.7 Å². The van der Waals surface area contributed by atoms with Crippen molar-refractivity contribution in [3.8, 4) is 5.75 Å². The van der Waals surface area contributed by atoms with Gasteiger partial charge in [0, 0.05) is 18.2 Å². The van der Waals surface area contributed by atoms with Crippen LogP contribution in [0.15, 0.2) is 47.4 Å². The quantitative estimate of drug-likeness (QED) is 0.763. The molecule has 0 unspecified atom stereocenters. The van der Waals surface area contributed by atoms with Gasteiger partial charge in [0.25, 0.3) is 5.91 Å². The fourth-order valence-electron chi connectivity index (χ4n) is 2.80. The maximum Gasteiger partial charge on any atom is 0.254 e. The summed E-state index contributed by atoms with van der Waals surface area (Å²) in [5, 5.41) is 0.0778. The van der Waals surface area contributed by atoms with Crippen molar-refractivity contribution in [2.75, 3.05) is 14.2 Å². The second-order valence-corrected chi connectivity index (χ2v) is 8.63. The third kappa shape index (κ3) is 4.43. The van der Waals surface area contributed by atoms with Crippen molar-refractivity contribution in [2.45, 2.75) is 30.3 Å². The number of benzene rings is 2. The van der Waals surface area contributed by atoms with Crippen molar-refractivity contribution in [2.24, 2.45) is 0 Å². The molecule has 0 aliphatic heterocycles. The van der Waals surface area contributed by atoms with Gasteiger partial charge >= 0.3 is 0 Å². The first-order chi connectivity index (χ1) is 12.9. The molecule has 8 heteroatoms. The van der Waals surface area contributed by atoms with E-state index in [0.29, 0.717) is 12.1 Å². The van der Waals surface area contributed by atoms with E-state index < -0.39 is 10.0 Å². The Bertz CT molecular complexity index is 941. The molecule has 0 spiro atoms. The van der Waals surface area contributed by atoms with Crippen LogP contribution in [0.2, 0.25) is 5.02 Å². The first-order valence-electron chi connectivity index (χ1n) is 8.52. The zero-order valence-corrected chi connectivity index (χ0v) is 16.7. The standard InChI is InChI=1S/C19H21ClN2O4S/c1-21-27(24,25)18-11-14(5-10-17(18)20)19(23)22(15-6-7-15)12-13-3-8-16(26-2)9-4-13/h3-5,8-11,15,21H,6-7,12H2,1-2H3. The van der Waals surface area contributed by atoms with Crippen LogP contribution in [0.1, 0.15) is 28.8 Å². The van der Waals surface area contributed by atoms with Gasteiger partial charge in [-0.2, -0.15) is 0 Å². The molecular formula is C19H21ClN2O4S. The molecule has 0 atom stereocenters. The number of sulfonamides is 1. The summed E-state index contributed by atoms with van der Waals surface area (Å²) in [6, 6.07) is 12.0. The van der Waals surface area contributed by atoms with E-state index in [-0.39, 0.29) is 21.9 Å². The van der Waals surface area contributed by atoms with Gasteiger partial charge in [-0.25, -0.2) is 13.1 Å². The lowest BCUT2D eigenvalue weighted by atomic mass is 10.1. The number of carbonyl (C=O) groups excluding carboxylic acids is 1. The molecule has 0 heterocycles. The molecule has 1 fully saturated rings. The van der Waals surface area contributed by atoms with Gasteiger partial charge in [-0.3, -0.25) is 4.79 Å². The maximum absolute atomic E-state index is 13.1. The number of nitrogens with one attached hydrogen (secondary N) is 1. The molecule has 144 valence electrons. The average molecular weight is 409 g/mol. The second-order valence-electron chi connectivity index (χ2n) is 6.37. The largest absolute Gasteiger partial charge is 0.497 e. The molecule has 1 aliphatic carbocycles. The first kappa shape index (κ1) is 19.7. The monoisotopic (exact) mass is 408 g/mol. The summed E-state index contributed by atoms with van der Waals surface area (Å²) < 4.78 is 31.7. The van der Waals surface area contributed by atoms with E-state index in [4.69, 9.17) is 16.3 Å². The Balaban J connectivity index is 1.88. The van der Waals surface area contributed by atoms with Crippen LogP contribution in [0.5, 0.6) is 5.75 Å². The first-order valence-corrected chi connectivity index (χ1v) is 10.4. The number of rotatable bonds is 7. The van der Waals surface area contributed by atoms with Gasteiger partial charge in [0.1, 0.15) is 10.6 Å². The fraction of sp³-hybridized carbons (Fsp3) is 0.316. The molecule has 1 amide bonds. The summed E-state index contributed by atoms with van der Waals surface area (Å²) in [6.45, 7) is 0.449. The summed E-state index contributed by atoms with van der Waals surface area (Å²) in [5.74, 6) is 0.542. The van der Waals surface area contributed by atoms with Crippen molar-refractivity contribution in [3.63, 3.8) is 0 Å². The Morgan fingerprint density at radius 2 is 1.89 bits per heavy atom. The molecule has 0 radical (unpaired) electrons. The summed E-state index contributed by atoms with van der Waals surface area (Å²) in [4.78, 5) is 14.8. The van der Waals surface area contributed by atoms with Gasteiger partial charge in [0.15, 0.2) is 0 Å². The van der Waals surface area contributed by atoms with E-state index in [1.165, 1.54) is 19.2 Å². The van der Waals surface area contributed by atoms with Crippen LogP contribution in [-0.4, -0.2) is 39.4 Å². The molecule has 2 aromatic rings. The smallest absolute Gasteiger partial charge is 0.254 e. The summed E-state index contributed by atoms with van der Waals surface area (Å²) in [6.07, 6.45) is 1.88. The predicted octanol–water partition coefficient (Wildman–Crippen LogP) is 3.06. The van der Waals surface area contributed by atoms with Crippen molar-refractivity contribution in [1.82, 2.24) is 9.62 Å². The Morgan fingerprint density at radius 3 is 2.44 bits per heavy atom. The number of nitrogens with zero attached hydrogens (tertiary/aromatic N) is 1. The normalized spacial score (nSPS) is 14.0. The van der Waals surface area contributed by atoms with E-state index in [9.17, 15) is 13.2 Å². The Kier molecular flexibility index (Phi) is 5.74. The van der Waals surface area contributed by atoms with E-state index in [2.05, 4.69) is 4.72 Å². The second kappa shape index (κ2) is 7.88. The lowest BCUT2D eigenvalue weighted by Gasteiger charge is -2.23. The van der Waals surface area contributed by atoms with E-state index in [1.54, 1.807) is 18.1 Å². The molecule has 3 rings (SSSR count). The Morgan fingerprint density at radius 1 is 1.22 bits per heavy atom. The third-order valence-corrected chi connectivity index (χ3v) is 6.39. The predicted molar refractivity (Wildman–Crippen MR) is 104 cm³/mol. The number of amides is 1. The number of ether oxygens (including phenoxy) is 1. The van der Waals surface area contributed by atoms with E-state index in [0.717, 1.165) is 24.2 Å². The van der Waals surface area contributed by atoms with Crippen LogP contribution in [0.25, 0.3) is 0 Å². The highest BCUT2D eigenvalue weighted by molar-refractivity contribution is 7.89. The summed E-state index contributed by atoms with van der Waals surface area (Å²) >= 11 is 6.02. The molecule has 1 aliphatic rings. The van der Waals surface area contributed by atoms with E-state index >= 15 is 0 Å². The highest BCUT2D eigenvalue weighted by Crippen LogP contribution is 2.31. The van der Waals surface area contributed by atoms with Crippen molar-refractivity contribution in [3.05, 3.63) is 58.6 Å². The highest BCUT2D eigenvalue weighted by Gasteiger charge is 2.33. The van der Waals surface area contributed by atoms with Gasteiger partial charge in [-0.05, 0) is 55.8 Å². The number of hydrogen-bond acceptors (Lipinski definition) is 4. The molecular weight excluding hydrogens is 388 g/mol. The van der Waals surface area contributed by atoms with Crippen LogP contribution in [0.3, 0.4) is 0 Å². The van der Waals surface area contributed by atoms with Crippen LogP contribution >= 0.6 is 11.6 Å². The van der Waals surface area contributed by atoms with Crippen LogP contribution in [0, 0.1) is 0 Å². The summed E-state index contributed by atoms with van der Waals surface area (Å²) in [7, 11) is -0.839. The number of halogens is 1. The summed E-state index contributed by atoms with van der Waals surface area (Å²) in [5.41, 5.74) is 1.28. The minimum absolute atomic E-state index is 0.0778. The Hall–Kier alpha value is -2.09. The molecule has 0 saturated heterocycles. The minimum Gasteiger partial charge on any atom is -0.497 e. The van der Waals surface area contributed by atoms with Gasteiger partial charge in [0.05, 0.1) is 12.1 Å². The van der Waals surface area contributed by atoms with Gasteiger partial charge in [0.2, 0.25) is 10.0 Å². The van der Waals surface area contributed by atoms with Gasteiger partial charge in [-0.1, -0.05) is 23.7 Å². The fourth-order valence-corrected chi connectivity index (χ4v) is 4.05. The van der Waals surface area contributed by atoms with Gasteiger partial charge in [-0.15, -0.1) is 0 Å². The van der Waals surface area contributed by atoms with Crippen molar-refractivity contribution < 1.29 is 17.9 Å². The maximum atomic E-state index is 13.1. The van der Waals surface area contributed by atoms with Crippen molar-refractivity contribution in [1.29, 1.82) is 0 Å².